The summed E-state index contributed by atoms with van der Waals surface area (Å²) in [5.74, 6) is 0.888. The van der Waals surface area contributed by atoms with Crippen LogP contribution in [0.2, 0.25) is 0 Å². The molecule has 3 aromatic rings. The molecule has 0 saturated carbocycles. The molecule has 0 unspecified atom stereocenters. The van der Waals surface area contributed by atoms with Gasteiger partial charge in [-0.05, 0) is 62.8 Å². The summed E-state index contributed by atoms with van der Waals surface area (Å²) in [7, 11) is -3.15. The van der Waals surface area contributed by atoms with E-state index >= 15 is 0 Å². The van der Waals surface area contributed by atoms with Gasteiger partial charge < -0.3 is 20.6 Å². The second kappa shape index (κ2) is 13.5. The van der Waals surface area contributed by atoms with Crippen LogP contribution in [0.1, 0.15) is 36.9 Å². The molecule has 0 spiro atoms. The minimum Gasteiger partial charge on any atom is -0.480 e. The minimum atomic E-state index is -3.15. The Bertz CT molecular complexity index is 1330. The molecule has 3 aromatic heterocycles. The molecular weight excluding hydrogens is 520 g/mol. The normalized spacial score (nSPS) is 14.0. The number of carboxylic acids is 1. The number of fused-ring (bicyclic) bond motifs is 1. The van der Waals surface area contributed by atoms with E-state index in [1.54, 1.807) is 29.2 Å². The average Bonchev–Trinajstić information content (AvgIpc) is 3.46. The second-order valence-corrected chi connectivity index (χ2v) is 12.1. The molecule has 0 amide bonds. The number of hydrogen-bond acceptors (Lipinski definition) is 10. The van der Waals surface area contributed by atoms with Crippen molar-refractivity contribution in [3.63, 3.8) is 0 Å². The fourth-order valence-electron chi connectivity index (χ4n) is 4.48. The molecule has 13 heteroatoms. The number of carboxylic acid groups (broad SMARTS) is 1. The van der Waals surface area contributed by atoms with Gasteiger partial charge >= 0.3 is 5.97 Å². The highest BCUT2D eigenvalue weighted by molar-refractivity contribution is 7.90. The van der Waals surface area contributed by atoms with Crippen LogP contribution in [0.25, 0.3) is 5.82 Å². The fraction of sp³-hybridized carbons (Fsp3) is 0.500. The third-order valence-corrected chi connectivity index (χ3v) is 7.56. The Hall–Kier alpha value is -3.58. The third-order valence-electron chi connectivity index (χ3n) is 6.63. The van der Waals surface area contributed by atoms with Crippen LogP contribution in [0, 0.1) is 0 Å². The zero-order valence-electron chi connectivity index (χ0n) is 22.2. The zero-order chi connectivity index (χ0) is 27.7. The standard InChI is InChI=1S/C26H36N8O4S/c1-39(37,38)17-16-33(13-3-2-7-21-9-8-20-6-4-11-27-25(20)31-21)15-10-22(26(35)36)32-23-18-24(29-19-28-23)34-14-5-12-30-34/h5,8-9,12,14,18-19,22H,2-4,6-7,10-11,13,15-17H2,1H3,(H,27,31)(H,35,36)(H,28,29,32)/t22-/m0/s1. The summed E-state index contributed by atoms with van der Waals surface area (Å²) in [5, 5.41) is 20.3. The number of aliphatic carboxylic acids is 1. The molecule has 0 fully saturated rings. The number of aryl methyl sites for hydroxylation is 2. The van der Waals surface area contributed by atoms with E-state index in [2.05, 4.69) is 37.8 Å². The van der Waals surface area contributed by atoms with Gasteiger partial charge in [0.05, 0.1) is 5.75 Å². The first-order valence-corrected chi connectivity index (χ1v) is 15.3. The summed E-state index contributed by atoms with van der Waals surface area (Å²) in [6.45, 7) is 2.40. The van der Waals surface area contributed by atoms with E-state index in [9.17, 15) is 18.3 Å². The number of anilines is 2. The van der Waals surface area contributed by atoms with E-state index < -0.39 is 21.8 Å². The first-order chi connectivity index (χ1) is 18.8. The summed E-state index contributed by atoms with van der Waals surface area (Å²) >= 11 is 0. The lowest BCUT2D eigenvalue weighted by Crippen LogP contribution is -2.37. The molecule has 0 aliphatic carbocycles. The molecule has 0 radical (unpaired) electrons. The van der Waals surface area contributed by atoms with Crippen LogP contribution in [0.15, 0.2) is 43.0 Å². The van der Waals surface area contributed by atoms with Crippen molar-refractivity contribution < 1.29 is 18.3 Å². The van der Waals surface area contributed by atoms with E-state index in [1.807, 2.05) is 4.90 Å². The summed E-state index contributed by atoms with van der Waals surface area (Å²) in [6, 6.07) is 6.73. The van der Waals surface area contributed by atoms with Crippen molar-refractivity contribution >= 4 is 27.4 Å². The van der Waals surface area contributed by atoms with Crippen LogP contribution >= 0.6 is 0 Å². The topological polar surface area (TPSA) is 155 Å². The first-order valence-electron chi connectivity index (χ1n) is 13.2. The van der Waals surface area contributed by atoms with Crippen LogP contribution in [0.4, 0.5) is 11.6 Å². The van der Waals surface area contributed by atoms with Crippen LogP contribution < -0.4 is 10.6 Å². The number of unbranched alkanes of at least 4 members (excludes halogenated alkanes) is 1. The molecule has 1 atom stereocenters. The maximum Gasteiger partial charge on any atom is 0.326 e. The van der Waals surface area contributed by atoms with Gasteiger partial charge in [-0.3, -0.25) is 0 Å². The predicted molar refractivity (Wildman–Crippen MR) is 149 cm³/mol. The molecular formula is C26H36N8O4S. The summed E-state index contributed by atoms with van der Waals surface area (Å²) in [4.78, 5) is 27.1. The minimum absolute atomic E-state index is 0.0232. The van der Waals surface area contributed by atoms with Crippen molar-refractivity contribution in [3.8, 4) is 5.82 Å². The highest BCUT2D eigenvalue weighted by Crippen LogP contribution is 2.20. The van der Waals surface area contributed by atoms with Gasteiger partial charge in [-0.1, -0.05) is 6.07 Å². The Kier molecular flexibility index (Phi) is 9.82. The van der Waals surface area contributed by atoms with Crippen molar-refractivity contribution in [3.05, 3.63) is 54.2 Å². The lowest BCUT2D eigenvalue weighted by molar-refractivity contribution is -0.138. The molecule has 210 valence electrons. The van der Waals surface area contributed by atoms with Crippen molar-refractivity contribution in [2.24, 2.45) is 0 Å². The average molecular weight is 557 g/mol. The first kappa shape index (κ1) is 28.4. The predicted octanol–water partition coefficient (Wildman–Crippen LogP) is 2.04. The number of aromatic nitrogens is 5. The fourth-order valence-corrected chi connectivity index (χ4v) is 5.07. The second-order valence-electron chi connectivity index (χ2n) is 9.81. The molecule has 0 aromatic carbocycles. The van der Waals surface area contributed by atoms with Crippen molar-refractivity contribution in [2.45, 2.75) is 44.6 Å². The molecule has 3 N–H and O–H groups in total. The monoisotopic (exact) mass is 556 g/mol. The highest BCUT2D eigenvalue weighted by atomic mass is 32.2. The van der Waals surface area contributed by atoms with Gasteiger partial charge in [0, 0.05) is 50.0 Å². The van der Waals surface area contributed by atoms with Crippen molar-refractivity contribution in [2.75, 3.05) is 48.8 Å². The van der Waals surface area contributed by atoms with E-state index in [1.165, 1.54) is 18.1 Å². The summed E-state index contributed by atoms with van der Waals surface area (Å²) in [6.07, 6.45) is 11.0. The highest BCUT2D eigenvalue weighted by Gasteiger charge is 2.20. The molecule has 0 saturated heterocycles. The van der Waals surface area contributed by atoms with E-state index in [4.69, 9.17) is 4.98 Å². The molecule has 1 aliphatic rings. The molecule has 0 bridgehead atoms. The van der Waals surface area contributed by atoms with Crippen molar-refractivity contribution in [1.29, 1.82) is 0 Å². The summed E-state index contributed by atoms with van der Waals surface area (Å²) < 4.78 is 25.2. The number of pyridine rings is 1. The SMILES string of the molecule is CS(=O)(=O)CCN(CCCCc1ccc2c(n1)NCCC2)CC[C@H](Nc1cc(-n2cccn2)ncn1)C(=O)O. The van der Waals surface area contributed by atoms with Gasteiger partial charge in [-0.2, -0.15) is 5.10 Å². The van der Waals surface area contributed by atoms with Crippen LogP contribution in [0.3, 0.4) is 0 Å². The Morgan fingerprint density at radius 3 is 2.87 bits per heavy atom. The molecule has 12 nitrogen and oxygen atoms in total. The molecule has 39 heavy (non-hydrogen) atoms. The summed E-state index contributed by atoms with van der Waals surface area (Å²) in [5.41, 5.74) is 2.30. The van der Waals surface area contributed by atoms with Gasteiger partial charge in [0.15, 0.2) is 5.82 Å². The third kappa shape index (κ3) is 8.99. The van der Waals surface area contributed by atoms with Gasteiger partial charge in [0.1, 0.15) is 33.8 Å². The van der Waals surface area contributed by atoms with Gasteiger partial charge in [-0.15, -0.1) is 0 Å². The van der Waals surface area contributed by atoms with Gasteiger partial charge in [0.25, 0.3) is 0 Å². The number of nitrogens with zero attached hydrogens (tertiary/aromatic N) is 6. The molecule has 1 aliphatic heterocycles. The molecule has 4 rings (SSSR count). The van der Waals surface area contributed by atoms with E-state index in [0.29, 0.717) is 31.3 Å². The van der Waals surface area contributed by atoms with Crippen LogP contribution in [-0.4, -0.2) is 93.4 Å². The Labute approximate surface area is 228 Å². The van der Waals surface area contributed by atoms with E-state index in [0.717, 1.165) is 50.2 Å². The molecule has 4 heterocycles. The smallest absolute Gasteiger partial charge is 0.326 e. The number of carbonyl (C=O) groups is 1. The van der Waals surface area contributed by atoms with Gasteiger partial charge in [0.2, 0.25) is 0 Å². The quantitative estimate of drug-likeness (QED) is 0.236. The largest absolute Gasteiger partial charge is 0.480 e. The maximum atomic E-state index is 12.0. The van der Waals surface area contributed by atoms with Gasteiger partial charge in [-0.25, -0.2) is 32.8 Å². The lowest BCUT2D eigenvalue weighted by atomic mass is 10.1. The number of nitrogens with one attached hydrogen (secondary N) is 2. The number of sulfone groups is 1. The maximum absolute atomic E-state index is 12.0. The Balaban J connectivity index is 1.31. The zero-order valence-corrected chi connectivity index (χ0v) is 23.0. The number of hydrogen-bond donors (Lipinski definition) is 3. The Morgan fingerprint density at radius 1 is 1.23 bits per heavy atom. The number of rotatable bonds is 15. The van der Waals surface area contributed by atoms with Crippen molar-refractivity contribution in [1.82, 2.24) is 29.6 Å². The lowest BCUT2D eigenvalue weighted by Gasteiger charge is -2.24. The van der Waals surface area contributed by atoms with Crippen LogP contribution in [-0.2, 0) is 27.5 Å². The Morgan fingerprint density at radius 2 is 2.10 bits per heavy atom. The van der Waals surface area contributed by atoms with E-state index in [-0.39, 0.29) is 12.2 Å². The van der Waals surface area contributed by atoms with Crippen LogP contribution in [0.5, 0.6) is 0 Å².